The average molecular weight is 496 g/mol. The van der Waals surface area contributed by atoms with E-state index < -0.39 is 17.8 Å². The molecule has 1 aliphatic heterocycles. The topological polar surface area (TPSA) is 74.2 Å². The van der Waals surface area contributed by atoms with Gasteiger partial charge < -0.3 is 14.2 Å². The Morgan fingerprint density at radius 1 is 1.06 bits per heavy atom. The Hall–Kier alpha value is -3.12. The standard InChI is InChI=1S/C28H30ClNO5/c1-16-24(27(32)34-5)25(26-20(30-16)13-28(2,3)14-21(26)31)18-8-11-22(23(12-18)33-4)35-15-17-6-9-19(29)10-7-17/h6-12,25-26H,13-15H2,1-5H3. The summed E-state index contributed by atoms with van der Waals surface area (Å²) in [6, 6.07) is 13.0. The number of aliphatic imine (C=N–C) groups is 1. The molecule has 0 bridgehead atoms. The molecule has 0 amide bonds. The number of methoxy groups -OCH3 is 2. The third-order valence-corrected chi connectivity index (χ3v) is 6.88. The van der Waals surface area contributed by atoms with Crippen molar-refractivity contribution >= 4 is 29.1 Å². The van der Waals surface area contributed by atoms with Gasteiger partial charge in [0, 0.05) is 28.8 Å². The van der Waals surface area contributed by atoms with Crippen LogP contribution in [0.5, 0.6) is 11.5 Å². The number of nitrogens with zero attached hydrogens (tertiary/aromatic N) is 1. The first-order valence-electron chi connectivity index (χ1n) is 11.6. The molecule has 6 nitrogen and oxygen atoms in total. The van der Waals surface area contributed by atoms with E-state index in [0.717, 1.165) is 16.8 Å². The molecule has 35 heavy (non-hydrogen) atoms. The van der Waals surface area contributed by atoms with Crippen LogP contribution in [0.3, 0.4) is 0 Å². The summed E-state index contributed by atoms with van der Waals surface area (Å²) in [6.07, 6.45) is 1.13. The molecule has 2 aromatic carbocycles. The number of carbonyl (C=O) groups excluding carboxylic acids is 2. The van der Waals surface area contributed by atoms with Crippen LogP contribution in [0.2, 0.25) is 5.02 Å². The maximum atomic E-state index is 13.4. The van der Waals surface area contributed by atoms with Gasteiger partial charge in [0.25, 0.3) is 0 Å². The van der Waals surface area contributed by atoms with E-state index in [1.54, 1.807) is 14.0 Å². The van der Waals surface area contributed by atoms with Gasteiger partial charge in [-0.2, -0.15) is 0 Å². The molecular formula is C28H30ClNO5. The van der Waals surface area contributed by atoms with E-state index in [1.807, 2.05) is 42.5 Å². The van der Waals surface area contributed by atoms with Crippen LogP contribution in [-0.4, -0.2) is 31.7 Å². The minimum Gasteiger partial charge on any atom is -0.493 e. The molecular weight excluding hydrogens is 466 g/mol. The third kappa shape index (κ3) is 5.13. The predicted octanol–water partition coefficient (Wildman–Crippen LogP) is 5.92. The van der Waals surface area contributed by atoms with Gasteiger partial charge in [-0.15, -0.1) is 0 Å². The van der Waals surface area contributed by atoms with Crippen molar-refractivity contribution in [3.05, 3.63) is 69.9 Å². The number of hydrogen-bond acceptors (Lipinski definition) is 6. The van der Waals surface area contributed by atoms with Gasteiger partial charge in [0.2, 0.25) is 0 Å². The summed E-state index contributed by atoms with van der Waals surface area (Å²) in [7, 11) is 2.91. The van der Waals surface area contributed by atoms with E-state index >= 15 is 0 Å². The minimum absolute atomic E-state index is 0.0842. The zero-order valence-corrected chi connectivity index (χ0v) is 21.4. The molecule has 0 spiro atoms. The second kappa shape index (κ2) is 9.86. The average Bonchev–Trinajstić information content (AvgIpc) is 2.81. The third-order valence-electron chi connectivity index (χ3n) is 6.62. The van der Waals surface area contributed by atoms with Crippen molar-refractivity contribution in [3.8, 4) is 11.5 Å². The molecule has 1 aliphatic carbocycles. The van der Waals surface area contributed by atoms with Gasteiger partial charge in [-0.05, 0) is 54.2 Å². The first-order valence-corrected chi connectivity index (χ1v) is 12.0. The number of rotatable bonds is 6. The van der Waals surface area contributed by atoms with Gasteiger partial charge >= 0.3 is 5.97 Å². The number of ketones is 1. The number of fused-ring (bicyclic) bond motifs is 1. The lowest BCUT2D eigenvalue weighted by Gasteiger charge is -2.41. The van der Waals surface area contributed by atoms with Gasteiger partial charge in [-0.1, -0.05) is 43.6 Å². The Kier molecular flexibility index (Phi) is 7.04. The van der Waals surface area contributed by atoms with Crippen molar-refractivity contribution < 1.29 is 23.8 Å². The molecule has 7 heteroatoms. The zero-order valence-electron chi connectivity index (χ0n) is 20.7. The monoisotopic (exact) mass is 495 g/mol. The maximum Gasteiger partial charge on any atom is 0.336 e. The number of esters is 1. The fraction of sp³-hybridized carbons (Fsp3) is 0.393. The molecule has 184 valence electrons. The zero-order chi connectivity index (χ0) is 25.3. The van der Waals surface area contributed by atoms with Crippen LogP contribution < -0.4 is 9.47 Å². The summed E-state index contributed by atoms with van der Waals surface area (Å²) in [5.41, 5.74) is 3.40. The second-order valence-electron chi connectivity index (χ2n) is 9.86. The summed E-state index contributed by atoms with van der Waals surface area (Å²) >= 11 is 5.97. The van der Waals surface area contributed by atoms with Crippen molar-refractivity contribution in [2.45, 2.75) is 46.1 Å². The lowest BCUT2D eigenvalue weighted by atomic mass is 9.63. The fourth-order valence-corrected chi connectivity index (χ4v) is 5.19. The van der Waals surface area contributed by atoms with Crippen LogP contribution in [0.25, 0.3) is 0 Å². The lowest BCUT2D eigenvalue weighted by molar-refractivity contribution is -0.136. The Labute approximate surface area is 210 Å². The summed E-state index contributed by atoms with van der Waals surface area (Å²) < 4.78 is 16.7. The highest BCUT2D eigenvalue weighted by Crippen LogP contribution is 2.48. The van der Waals surface area contributed by atoms with Crippen LogP contribution >= 0.6 is 11.6 Å². The largest absolute Gasteiger partial charge is 0.493 e. The Morgan fingerprint density at radius 3 is 2.43 bits per heavy atom. The molecule has 2 atom stereocenters. The molecule has 0 N–H and O–H groups in total. The maximum absolute atomic E-state index is 13.4. The number of allylic oxidation sites excluding steroid dienone is 1. The van der Waals surface area contributed by atoms with E-state index in [0.29, 0.717) is 47.2 Å². The van der Waals surface area contributed by atoms with Gasteiger partial charge in [-0.25, -0.2) is 4.79 Å². The SMILES string of the molecule is COC(=O)C1=C(C)N=C2CC(C)(C)CC(=O)C2C1c1ccc(OCc2ccc(Cl)cc2)c(OC)c1. The van der Waals surface area contributed by atoms with Crippen molar-refractivity contribution in [1.29, 1.82) is 0 Å². The number of benzene rings is 2. The lowest BCUT2D eigenvalue weighted by Crippen LogP contribution is -2.44. The van der Waals surface area contributed by atoms with E-state index in [1.165, 1.54) is 7.11 Å². The van der Waals surface area contributed by atoms with E-state index in [9.17, 15) is 9.59 Å². The molecule has 2 aromatic rings. The second-order valence-corrected chi connectivity index (χ2v) is 10.3. The van der Waals surface area contributed by atoms with Gasteiger partial charge in [0.05, 0.1) is 25.7 Å². The molecule has 2 aliphatic rings. The van der Waals surface area contributed by atoms with Crippen LogP contribution in [0.4, 0.5) is 0 Å². The molecule has 1 fully saturated rings. The highest BCUT2D eigenvalue weighted by Gasteiger charge is 2.47. The summed E-state index contributed by atoms with van der Waals surface area (Å²) in [5.74, 6) is -0.321. The van der Waals surface area contributed by atoms with E-state index in [4.69, 9.17) is 30.8 Å². The van der Waals surface area contributed by atoms with Crippen LogP contribution in [0.15, 0.2) is 58.7 Å². The number of hydrogen-bond donors (Lipinski definition) is 0. The highest BCUT2D eigenvalue weighted by atomic mass is 35.5. The molecule has 1 saturated carbocycles. The predicted molar refractivity (Wildman–Crippen MR) is 135 cm³/mol. The normalized spacial score (nSPS) is 21.2. The smallest absolute Gasteiger partial charge is 0.336 e. The Bertz CT molecular complexity index is 1210. The number of ether oxygens (including phenoxy) is 3. The summed E-state index contributed by atoms with van der Waals surface area (Å²) in [4.78, 5) is 30.9. The van der Waals surface area contributed by atoms with Crippen LogP contribution in [0.1, 0.15) is 50.7 Å². The molecule has 1 heterocycles. The Morgan fingerprint density at radius 2 is 1.77 bits per heavy atom. The van der Waals surface area contributed by atoms with Gasteiger partial charge in [0.15, 0.2) is 11.5 Å². The number of carbonyl (C=O) groups is 2. The van der Waals surface area contributed by atoms with Gasteiger partial charge in [-0.3, -0.25) is 9.79 Å². The van der Waals surface area contributed by atoms with E-state index in [2.05, 4.69) is 13.8 Å². The van der Waals surface area contributed by atoms with Crippen LogP contribution in [0, 0.1) is 11.3 Å². The Balaban J connectivity index is 1.71. The molecule has 0 radical (unpaired) electrons. The minimum atomic E-state index is -0.508. The van der Waals surface area contributed by atoms with Crippen molar-refractivity contribution in [2.24, 2.45) is 16.3 Å². The highest BCUT2D eigenvalue weighted by molar-refractivity contribution is 6.30. The number of Topliss-reactive ketones (excluding diaryl/α,β-unsaturated/α-hetero) is 1. The fourth-order valence-electron chi connectivity index (χ4n) is 5.07. The quantitative estimate of drug-likeness (QED) is 0.465. The molecule has 0 aromatic heterocycles. The van der Waals surface area contributed by atoms with E-state index in [-0.39, 0.29) is 11.2 Å². The molecule has 2 unspecified atom stereocenters. The van der Waals surface area contributed by atoms with Gasteiger partial charge in [0.1, 0.15) is 12.4 Å². The van der Waals surface area contributed by atoms with Crippen molar-refractivity contribution in [1.82, 2.24) is 0 Å². The molecule has 0 saturated heterocycles. The van der Waals surface area contributed by atoms with Crippen molar-refractivity contribution in [2.75, 3.05) is 14.2 Å². The van der Waals surface area contributed by atoms with Crippen LogP contribution in [-0.2, 0) is 20.9 Å². The van der Waals surface area contributed by atoms with Crippen molar-refractivity contribution in [3.63, 3.8) is 0 Å². The summed E-state index contributed by atoms with van der Waals surface area (Å²) in [6.45, 7) is 6.29. The first-order chi connectivity index (χ1) is 16.6. The molecule has 4 rings (SSSR count). The first kappa shape index (κ1) is 25.0. The summed E-state index contributed by atoms with van der Waals surface area (Å²) in [5, 5.41) is 0.663. The number of halogens is 1.